The molecule has 173 valence electrons. The molecule has 6 heteroatoms. The minimum atomic E-state index is -5.08. The third-order valence-corrected chi connectivity index (χ3v) is 23.5. The second-order valence-electron chi connectivity index (χ2n) is 9.69. The average Bonchev–Trinajstić information content (AvgIpc) is 3.48. The maximum absolute atomic E-state index is 7.74. The van der Waals surface area contributed by atoms with Gasteiger partial charge in [0.1, 0.15) is 0 Å². The Balaban J connectivity index is 1.49. The fourth-order valence-corrected chi connectivity index (χ4v) is 24.3. The summed E-state index contributed by atoms with van der Waals surface area (Å²) in [6.45, 7) is 0. The number of hydrogen-bond donors (Lipinski definition) is 1. The van der Waals surface area contributed by atoms with E-state index in [2.05, 4.69) is 113 Å². The van der Waals surface area contributed by atoms with Crippen LogP contribution >= 0.6 is 42.3 Å². The van der Waals surface area contributed by atoms with Crippen molar-refractivity contribution in [2.24, 2.45) is 0 Å². The Labute approximate surface area is 225 Å². The van der Waals surface area contributed by atoms with E-state index in [1.807, 2.05) is 0 Å². The monoisotopic (exact) mass is 654 g/mol. The van der Waals surface area contributed by atoms with Crippen molar-refractivity contribution in [3.05, 3.63) is 117 Å². The van der Waals surface area contributed by atoms with Crippen LogP contribution in [0.2, 0.25) is 0 Å². The van der Waals surface area contributed by atoms with Crippen LogP contribution in [0.4, 0.5) is 5.69 Å². The fraction of sp³-hybridized carbons (Fsp3) is 0.103. The van der Waals surface area contributed by atoms with Gasteiger partial charge in [0.2, 0.25) is 0 Å². The van der Waals surface area contributed by atoms with Crippen molar-refractivity contribution in [1.29, 1.82) is 0 Å². The molecule has 0 saturated carbocycles. The van der Waals surface area contributed by atoms with Crippen LogP contribution in [0.15, 0.2) is 89.0 Å². The number of nitrogens with zero attached hydrogens (tertiary/aromatic N) is 1. The molecule has 35 heavy (non-hydrogen) atoms. The average molecular weight is 658 g/mol. The van der Waals surface area contributed by atoms with Crippen LogP contribution in [0, 0.1) is 0 Å². The molecular formula is C29H21BrCl2NSZr. The minimum absolute atomic E-state index is 0.188. The number of para-hydroxylation sites is 1. The van der Waals surface area contributed by atoms with Crippen LogP contribution in [0.1, 0.15) is 33.7 Å². The van der Waals surface area contributed by atoms with Gasteiger partial charge in [-0.05, 0) is 0 Å². The summed E-state index contributed by atoms with van der Waals surface area (Å²) < 4.78 is 2.90. The second-order valence-corrected chi connectivity index (χ2v) is 36.3. The summed E-state index contributed by atoms with van der Waals surface area (Å²) in [6.07, 6.45) is 3.18. The van der Waals surface area contributed by atoms with E-state index in [4.69, 9.17) is 26.4 Å². The Morgan fingerprint density at radius 1 is 0.886 bits per heavy atom. The SMILES string of the molecule is CN1C2=Cc3c(ccc(Br)[c]3[Zr]([SH])([Cl])([Cl])[c]3cccc4c3-c3ccccc3C4)C2c2ccccc21. The zero-order valence-electron chi connectivity index (χ0n) is 18.9. The Morgan fingerprint density at radius 2 is 1.63 bits per heavy atom. The Bertz CT molecular complexity index is 1620. The Kier molecular flexibility index (Phi) is 4.98. The van der Waals surface area contributed by atoms with Crippen LogP contribution in [-0.4, -0.2) is 7.05 Å². The van der Waals surface area contributed by atoms with Gasteiger partial charge in [-0.25, -0.2) is 0 Å². The molecule has 1 heterocycles. The van der Waals surface area contributed by atoms with Crippen LogP contribution in [0.25, 0.3) is 17.2 Å². The molecule has 0 spiro atoms. The number of thiol groups is 1. The van der Waals surface area contributed by atoms with Crippen molar-refractivity contribution in [3.8, 4) is 11.1 Å². The first-order valence-electron chi connectivity index (χ1n) is 11.6. The van der Waals surface area contributed by atoms with Gasteiger partial charge in [0, 0.05) is 0 Å². The van der Waals surface area contributed by atoms with Gasteiger partial charge in [-0.3, -0.25) is 0 Å². The molecule has 4 aromatic carbocycles. The Hall–Kier alpha value is -1.29. The predicted molar refractivity (Wildman–Crippen MR) is 153 cm³/mol. The number of benzene rings is 4. The summed E-state index contributed by atoms with van der Waals surface area (Å²) in [5.74, 6) is 0.188. The van der Waals surface area contributed by atoms with Gasteiger partial charge in [-0.15, -0.1) is 0 Å². The van der Waals surface area contributed by atoms with Crippen molar-refractivity contribution in [2.75, 3.05) is 11.9 Å². The van der Waals surface area contributed by atoms with E-state index in [0.717, 1.165) is 23.0 Å². The number of rotatable bonds is 2. The molecule has 0 radical (unpaired) electrons. The van der Waals surface area contributed by atoms with Gasteiger partial charge in [-0.1, -0.05) is 0 Å². The Morgan fingerprint density at radius 3 is 2.49 bits per heavy atom. The fourth-order valence-electron chi connectivity index (χ4n) is 6.31. The van der Waals surface area contributed by atoms with Crippen LogP contribution < -0.4 is 11.4 Å². The van der Waals surface area contributed by atoms with E-state index >= 15 is 0 Å². The number of halogens is 3. The van der Waals surface area contributed by atoms with Crippen molar-refractivity contribution in [3.63, 3.8) is 0 Å². The van der Waals surface area contributed by atoms with Crippen molar-refractivity contribution >= 4 is 60.6 Å². The standard InChI is InChI=1S/C16H11BrN.C13H9.2ClH.H2S.Zr/c1-18-14-5-3-2-4-13(14)16-12-7-6-11(17)8-10(12)9-15(16)18;1-3-7-12-10(5-1)9-11-6-2-4-8-13(11)12;;;;/h2-7,9,16H,1H3;1-7H,9H2;2*1H;1H2;/q;;;;;+3/p-3. The predicted octanol–water partition coefficient (Wildman–Crippen LogP) is 7.75. The first kappa shape index (κ1) is 22.9. The van der Waals surface area contributed by atoms with Crippen molar-refractivity contribution < 1.29 is 14.9 Å². The molecule has 1 nitrogen and oxygen atoms in total. The molecule has 0 fully saturated rings. The normalized spacial score (nSPS) is 18.2. The molecule has 0 aromatic heterocycles. The van der Waals surface area contributed by atoms with Crippen LogP contribution in [0.3, 0.4) is 0 Å². The molecule has 7 rings (SSSR count). The molecule has 2 aliphatic carbocycles. The summed E-state index contributed by atoms with van der Waals surface area (Å²) in [4.78, 5) is 2.29. The van der Waals surface area contributed by atoms with Crippen LogP contribution in [0.5, 0.6) is 0 Å². The molecule has 1 unspecified atom stereocenters. The summed E-state index contributed by atoms with van der Waals surface area (Å²) in [5, 5.41) is 0. The van der Waals surface area contributed by atoms with Gasteiger partial charge >= 0.3 is 228 Å². The number of anilines is 1. The number of likely N-dealkylation sites (N-methyl/N-ethyl adjacent to an activating group) is 1. The van der Waals surface area contributed by atoms with Crippen LogP contribution in [-0.2, 0) is 21.4 Å². The van der Waals surface area contributed by atoms with Gasteiger partial charge < -0.3 is 0 Å². The third-order valence-electron chi connectivity index (χ3n) is 7.83. The van der Waals surface area contributed by atoms with Crippen molar-refractivity contribution in [2.45, 2.75) is 12.3 Å². The molecular weight excluding hydrogens is 636 g/mol. The summed E-state index contributed by atoms with van der Waals surface area (Å²) in [5.41, 5.74) is 11.2. The van der Waals surface area contributed by atoms with E-state index < -0.39 is 14.9 Å². The first-order chi connectivity index (χ1) is 16.7. The van der Waals surface area contributed by atoms with Gasteiger partial charge in [-0.2, -0.15) is 0 Å². The maximum atomic E-state index is 7.74. The van der Waals surface area contributed by atoms with Gasteiger partial charge in [0.15, 0.2) is 0 Å². The molecule has 3 aliphatic rings. The quantitative estimate of drug-likeness (QED) is 0.190. The molecule has 0 saturated heterocycles. The van der Waals surface area contributed by atoms with Gasteiger partial charge in [0.25, 0.3) is 0 Å². The molecule has 4 aromatic rings. The molecule has 0 bridgehead atoms. The first-order valence-corrected chi connectivity index (χ1v) is 25.0. The summed E-state index contributed by atoms with van der Waals surface area (Å²) >= 11 is -1.23. The molecule has 1 aliphatic heterocycles. The third kappa shape index (κ3) is 3.10. The van der Waals surface area contributed by atoms with Gasteiger partial charge in [0.05, 0.1) is 0 Å². The van der Waals surface area contributed by atoms with Crippen molar-refractivity contribution in [1.82, 2.24) is 0 Å². The zero-order chi connectivity index (χ0) is 24.1. The topological polar surface area (TPSA) is 3.24 Å². The summed E-state index contributed by atoms with van der Waals surface area (Å²) in [6, 6.07) is 27.9. The number of fused-ring (bicyclic) bond motifs is 8. The van der Waals surface area contributed by atoms with E-state index in [1.54, 1.807) is 0 Å². The van der Waals surface area contributed by atoms with E-state index in [9.17, 15) is 0 Å². The number of allylic oxidation sites excluding steroid dienone is 1. The second kappa shape index (κ2) is 7.62. The molecule has 1 atom stereocenters. The van der Waals surface area contributed by atoms with E-state index in [1.165, 1.54) is 44.8 Å². The molecule has 0 N–H and O–H groups in total. The zero-order valence-corrected chi connectivity index (χ0v) is 25.3. The van der Waals surface area contributed by atoms with E-state index in [0.29, 0.717) is 0 Å². The van der Waals surface area contributed by atoms with E-state index in [-0.39, 0.29) is 5.92 Å². The summed E-state index contributed by atoms with van der Waals surface area (Å²) in [7, 11) is 23.0. The molecule has 0 amide bonds. The number of hydrogen-bond acceptors (Lipinski definition) is 2.